The van der Waals surface area contributed by atoms with Gasteiger partial charge in [-0.15, -0.1) is 0 Å². The minimum atomic E-state index is -0.263. The molecular formula is C22H23N3O. The van der Waals surface area contributed by atoms with Gasteiger partial charge in [0, 0.05) is 11.7 Å². The van der Waals surface area contributed by atoms with Gasteiger partial charge in [0.2, 0.25) is 5.91 Å². The molecule has 1 aliphatic rings. The molecule has 0 radical (unpaired) electrons. The first-order valence-corrected chi connectivity index (χ1v) is 8.98. The highest BCUT2D eigenvalue weighted by Gasteiger charge is 2.30. The van der Waals surface area contributed by atoms with E-state index in [1.54, 1.807) is 0 Å². The van der Waals surface area contributed by atoms with E-state index < -0.39 is 0 Å². The molecule has 4 heteroatoms. The van der Waals surface area contributed by atoms with E-state index in [9.17, 15) is 4.79 Å². The van der Waals surface area contributed by atoms with Crippen molar-refractivity contribution in [3.05, 3.63) is 77.4 Å². The topological polar surface area (TPSA) is 53.2 Å². The summed E-state index contributed by atoms with van der Waals surface area (Å²) < 4.78 is 0. The molecule has 0 saturated carbocycles. The van der Waals surface area contributed by atoms with Gasteiger partial charge in [-0.25, -0.2) is 10.9 Å². The predicted molar refractivity (Wildman–Crippen MR) is 106 cm³/mol. The zero-order chi connectivity index (χ0) is 18.1. The summed E-state index contributed by atoms with van der Waals surface area (Å²) in [7, 11) is 0. The Bertz CT molecular complexity index is 961. The summed E-state index contributed by atoms with van der Waals surface area (Å²) in [6.45, 7) is 4.12. The van der Waals surface area contributed by atoms with Crippen LogP contribution in [-0.4, -0.2) is 11.9 Å². The molecule has 3 aromatic carbocycles. The molecule has 1 heterocycles. The van der Waals surface area contributed by atoms with Crippen LogP contribution < -0.4 is 16.2 Å². The molecule has 26 heavy (non-hydrogen) atoms. The number of nitrogens with one attached hydrogen (secondary N) is 3. The first-order valence-electron chi connectivity index (χ1n) is 8.98. The molecule has 4 nitrogen and oxygen atoms in total. The van der Waals surface area contributed by atoms with E-state index in [4.69, 9.17) is 0 Å². The van der Waals surface area contributed by atoms with Crippen LogP contribution in [0.25, 0.3) is 10.8 Å². The highest BCUT2D eigenvalue weighted by atomic mass is 16.2. The number of hydrazine groups is 1. The molecule has 0 aromatic heterocycles. The number of carbonyl (C=O) groups excluding carboxylic acids is 1. The van der Waals surface area contributed by atoms with Gasteiger partial charge in [0.15, 0.2) is 0 Å². The normalized spacial score (nSPS) is 19.6. The maximum absolute atomic E-state index is 12.6. The predicted octanol–water partition coefficient (Wildman–Crippen LogP) is 4.00. The zero-order valence-electron chi connectivity index (χ0n) is 15.0. The van der Waals surface area contributed by atoms with Gasteiger partial charge in [0.05, 0.1) is 0 Å². The van der Waals surface area contributed by atoms with Crippen LogP contribution in [0.1, 0.15) is 29.2 Å². The van der Waals surface area contributed by atoms with Crippen LogP contribution in [0.4, 0.5) is 5.69 Å². The summed E-state index contributed by atoms with van der Waals surface area (Å²) in [5.74, 6) is -0.0107. The Morgan fingerprint density at radius 1 is 0.962 bits per heavy atom. The number of carbonyl (C=O) groups is 1. The Hall–Kier alpha value is -2.69. The lowest BCUT2D eigenvalue weighted by Crippen LogP contribution is -2.39. The van der Waals surface area contributed by atoms with Crippen molar-refractivity contribution in [2.75, 3.05) is 5.32 Å². The minimum Gasteiger partial charge on any atom is -0.325 e. The Kier molecular flexibility index (Phi) is 4.45. The van der Waals surface area contributed by atoms with Crippen molar-refractivity contribution in [2.24, 2.45) is 0 Å². The second-order valence-electron chi connectivity index (χ2n) is 6.99. The molecular weight excluding hydrogens is 322 g/mol. The second-order valence-corrected chi connectivity index (χ2v) is 6.99. The van der Waals surface area contributed by atoms with Crippen LogP contribution in [-0.2, 0) is 4.79 Å². The molecule has 1 fully saturated rings. The smallest absolute Gasteiger partial charge is 0.242 e. The summed E-state index contributed by atoms with van der Waals surface area (Å²) >= 11 is 0. The fraction of sp³-hybridized carbons (Fsp3) is 0.227. The van der Waals surface area contributed by atoms with Gasteiger partial charge in [0.1, 0.15) is 6.04 Å². The molecule has 3 N–H and O–H groups in total. The summed E-state index contributed by atoms with van der Waals surface area (Å²) in [6.07, 6.45) is 0.713. The van der Waals surface area contributed by atoms with Crippen molar-refractivity contribution in [3.8, 4) is 0 Å². The number of fused-ring (bicyclic) bond motifs is 1. The van der Waals surface area contributed by atoms with Crippen molar-refractivity contribution in [3.63, 3.8) is 0 Å². The molecule has 0 aliphatic carbocycles. The third kappa shape index (κ3) is 3.21. The molecule has 3 aromatic rings. The van der Waals surface area contributed by atoms with Gasteiger partial charge < -0.3 is 5.32 Å². The quantitative estimate of drug-likeness (QED) is 0.672. The lowest BCUT2D eigenvalue weighted by molar-refractivity contribution is -0.117. The van der Waals surface area contributed by atoms with Crippen LogP contribution in [0.3, 0.4) is 0 Å². The highest BCUT2D eigenvalue weighted by molar-refractivity contribution is 5.95. The molecule has 1 aliphatic heterocycles. The number of amides is 1. The average Bonchev–Trinajstić information content (AvgIpc) is 3.14. The lowest BCUT2D eigenvalue weighted by Gasteiger charge is -2.13. The summed E-state index contributed by atoms with van der Waals surface area (Å²) in [5.41, 5.74) is 10.9. The fourth-order valence-corrected chi connectivity index (χ4v) is 3.53. The Morgan fingerprint density at radius 3 is 2.62 bits per heavy atom. The van der Waals surface area contributed by atoms with Gasteiger partial charge >= 0.3 is 0 Å². The number of rotatable bonds is 3. The molecule has 0 bridgehead atoms. The van der Waals surface area contributed by atoms with Crippen LogP contribution in [0.15, 0.2) is 60.7 Å². The standard InChI is InChI=1S/C22H23N3O/c1-14-10-11-17(12-15(14)2)23-22(26)21-13-20(24-25-21)19-9-5-7-16-6-3-4-8-18(16)19/h3-12,20-21,24-25H,13H2,1-2H3,(H,23,26). The van der Waals surface area contributed by atoms with E-state index in [1.807, 2.05) is 24.3 Å². The second kappa shape index (κ2) is 6.90. The maximum atomic E-state index is 12.6. The third-order valence-corrected chi connectivity index (χ3v) is 5.19. The van der Waals surface area contributed by atoms with Crippen molar-refractivity contribution in [2.45, 2.75) is 32.4 Å². The summed E-state index contributed by atoms with van der Waals surface area (Å²) in [6, 6.07) is 20.5. The highest BCUT2D eigenvalue weighted by Crippen LogP contribution is 2.29. The van der Waals surface area contributed by atoms with E-state index in [1.165, 1.54) is 27.5 Å². The first-order chi connectivity index (χ1) is 12.6. The summed E-state index contributed by atoms with van der Waals surface area (Å²) in [4.78, 5) is 12.6. The molecule has 2 atom stereocenters. The van der Waals surface area contributed by atoms with E-state index in [0.717, 1.165) is 5.69 Å². The maximum Gasteiger partial charge on any atom is 0.242 e. The molecule has 1 saturated heterocycles. The number of anilines is 1. The number of aryl methyl sites for hydroxylation is 2. The molecule has 4 rings (SSSR count). The Balaban J connectivity index is 1.49. The molecule has 2 unspecified atom stereocenters. The van der Waals surface area contributed by atoms with Crippen LogP contribution in [0.2, 0.25) is 0 Å². The lowest BCUT2D eigenvalue weighted by atomic mass is 9.96. The average molecular weight is 345 g/mol. The Labute approximate surface area is 153 Å². The SMILES string of the molecule is Cc1ccc(NC(=O)C2CC(c3cccc4ccccc34)NN2)cc1C. The van der Waals surface area contributed by atoms with Gasteiger partial charge in [-0.3, -0.25) is 4.79 Å². The van der Waals surface area contributed by atoms with Gasteiger partial charge in [-0.2, -0.15) is 0 Å². The van der Waals surface area contributed by atoms with Crippen LogP contribution >= 0.6 is 0 Å². The number of benzene rings is 3. The van der Waals surface area contributed by atoms with Crippen molar-refractivity contribution in [1.29, 1.82) is 0 Å². The first kappa shape index (κ1) is 16.8. The molecule has 1 amide bonds. The zero-order valence-corrected chi connectivity index (χ0v) is 15.0. The van der Waals surface area contributed by atoms with E-state index in [2.05, 4.69) is 66.4 Å². The van der Waals surface area contributed by atoms with E-state index >= 15 is 0 Å². The minimum absolute atomic E-state index is 0.0107. The van der Waals surface area contributed by atoms with E-state index in [-0.39, 0.29) is 18.0 Å². The van der Waals surface area contributed by atoms with Crippen molar-refractivity contribution in [1.82, 2.24) is 10.9 Å². The van der Waals surface area contributed by atoms with Crippen molar-refractivity contribution < 1.29 is 4.79 Å². The fourth-order valence-electron chi connectivity index (χ4n) is 3.53. The summed E-state index contributed by atoms with van der Waals surface area (Å²) in [5, 5.41) is 5.46. The van der Waals surface area contributed by atoms with Gasteiger partial charge in [-0.1, -0.05) is 48.5 Å². The Morgan fingerprint density at radius 2 is 1.77 bits per heavy atom. The van der Waals surface area contributed by atoms with Crippen molar-refractivity contribution >= 4 is 22.4 Å². The van der Waals surface area contributed by atoms with Gasteiger partial charge in [0.25, 0.3) is 0 Å². The van der Waals surface area contributed by atoms with E-state index in [0.29, 0.717) is 6.42 Å². The number of hydrogen-bond acceptors (Lipinski definition) is 3. The molecule has 0 spiro atoms. The molecule has 132 valence electrons. The monoisotopic (exact) mass is 345 g/mol. The largest absolute Gasteiger partial charge is 0.325 e. The van der Waals surface area contributed by atoms with Crippen LogP contribution in [0, 0.1) is 13.8 Å². The van der Waals surface area contributed by atoms with Crippen LogP contribution in [0.5, 0.6) is 0 Å². The number of hydrogen-bond donors (Lipinski definition) is 3. The van der Waals surface area contributed by atoms with Gasteiger partial charge in [-0.05, 0) is 59.9 Å². The third-order valence-electron chi connectivity index (χ3n) is 5.19.